The lowest BCUT2D eigenvalue weighted by Crippen LogP contribution is -2.06. The molecule has 7 nitrogen and oxygen atoms in total. The van der Waals surface area contributed by atoms with E-state index in [-0.39, 0.29) is 11.1 Å². The number of benzene rings is 1. The lowest BCUT2D eigenvalue weighted by atomic mass is 10.1. The van der Waals surface area contributed by atoms with E-state index in [4.69, 9.17) is 31.5 Å². The molecule has 0 bridgehead atoms. The zero-order chi connectivity index (χ0) is 16.1. The van der Waals surface area contributed by atoms with Gasteiger partial charge >= 0.3 is 0 Å². The Bertz CT molecular complexity index is 647. The first kappa shape index (κ1) is 16.0. The topological polar surface area (TPSA) is 91.5 Å². The number of aromatic nitrogens is 2. The molecule has 0 unspecified atom stereocenters. The van der Waals surface area contributed by atoms with Crippen molar-refractivity contribution in [1.82, 2.24) is 9.97 Å². The zero-order valence-corrected chi connectivity index (χ0v) is 13.3. The molecule has 2 rings (SSSR count). The summed E-state index contributed by atoms with van der Waals surface area (Å²) in [5, 5.41) is 3.39. The first-order valence-electron chi connectivity index (χ1n) is 6.40. The summed E-state index contributed by atoms with van der Waals surface area (Å²) < 4.78 is 15.9. The van der Waals surface area contributed by atoms with Crippen LogP contribution in [0.1, 0.15) is 5.56 Å². The van der Waals surface area contributed by atoms with E-state index >= 15 is 0 Å². The molecule has 1 aromatic carbocycles. The van der Waals surface area contributed by atoms with Crippen LogP contribution in [0, 0.1) is 0 Å². The molecule has 0 spiro atoms. The van der Waals surface area contributed by atoms with Crippen LogP contribution in [0.15, 0.2) is 18.2 Å². The molecule has 118 valence electrons. The summed E-state index contributed by atoms with van der Waals surface area (Å²) in [7, 11) is 4.73. The molecular formula is C14H17ClN4O3. The number of nitrogens with one attached hydrogen (secondary N) is 1. The van der Waals surface area contributed by atoms with E-state index < -0.39 is 0 Å². The fourth-order valence-electron chi connectivity index (χ4n) is 1.94. The Labute approximate surface area is 133 Å². The highest BCUT2D eigenvalue weighted by Crippen LogP contribution is 2.34. The van der Waals surface area contributed by atoms with Crippen LogP contribution in [0.4, 0.5) is 11.8 Å². The van der Waals surface area contributed by atoms with Gasteiger partial charge in [-0.1, -0.05) is 11.6 Å². The maximum atomic E-state index is 5.85. The van der Waals surface area contributed by atoms with Crippen LogP contribution < -0.4 is 25.3 Å². The maximum absolute atomic E-state index is 5.85. The largest absolute Gasteiger partial charge is 0.496 e. The van der Waals surface area contributed by atoms with Crippen LogP contribution in [0.25, 0.3) is 0 Å². The number of halogens is 1. The van der Waals surface area contributed by atoms with Gasteiger partial charge in [-0.05, 0) is 6.07 Å². The Morgan fingerprint density at radius 2 is 1.64 bits per heavy atom. The van der Waals surface area contributed by atoms with Gasteiger partial charge in [-0.15, -0.1) is 0 Å². The van der Waals surface area contributed by atoms with Crippen LogP contribution in [-0.2, 0) is 6.54 Å². The average molecular weight is 325 g/mol. The molecule has 0 aliphatic heterocycles. The summed E-state index contributed by atoms with van der Waals surface area (Å²) in [6.45, 7) is 0.441. The minimum atomic E-state index is 0.106. The van der Waals surface area contributed by atoms with Gasteiger partial charge in [-0.3, -0.25) is 0 Å². The van der Waals surface area contributed by atoms with E-state index in [9.17, 15) is 0 Å². The molecule has 0 aliphatic rings. The van der Waals surface area contributed by atoms with Gasteiger partial charge in [0.05, 0.1) is 21.3 Å². The summed E-state index contributed by atoms with van der Waals surface area (Å²) in [6.07, 6.45) is 0. The average Bonchev–Trinajstić information content (AvgIpc) is 2.51. The van der Waals surface area contributed by atoms with Crippen molar-refractivity contribution in [2.75, 3.05) is 32.4 Å². The summed E-state index contributed by atoms with van der Waals surface area (Å²) in [5.41, 5.74) is 6.43. The van der Waals surface area contributed by atoms with E-state index in [0.717, 1.165) is 5.56 Å². The Morgan fingerprint density at radius 1 is 1.00 bits per heavy atom. The third kappa shape index (κ3) is 3.62. The van der Waals surface area contributed by atoms with Gasteiger partial charge in [0.15, 0.2) is 11.5 Å². The number of nitrogen functional groups attached to an aromatic ring is 1. The number of anilines is 2. The van der Waals surface area contributed by atoms with Crippen molar-refractivity contribution >= 4 is 23.4 Å². The van der Waals surface area contributed by atoms with Crippen LogP contribution in [0.5, 0.6) is 17.2 Å². The van der Waals surface area contributed by atoms with Crippen molar-refractivity contribution in [1.29, 1.82) is 0 Å². The third-order valence-electron chi connectivity index (χ3n) is 2.96. The molecule has 0 aliphatic carbocycles. The number of methoxy groups -OCH3 is 3. The lowest BCUT2D eigenvalue weighted by molar-refractivity contribution is 0.347. The highest BCUT2D eigenvalue weighted by Gasteiger charge is 2.12. The van der Waals surface area contributed by atoms with Crippen molar-refractivity contribution in [3.63, 3.8) is 0 Å². The molecule has 1 aromatic heterocycles. The summed E-state index contributed by atoms with van der Waals surface area (Å²) in [6, 6.07) is 5.18. The van der Waals surface area contributed by atoms with Crippen LogP contribution >= 0.6 is 11.6 Å². The molecule has 0 amide bonds. The Kier molecular flexibility index (Phi) is 5.11. The number of hydrogen-bond acceptors (Lipinski definition) is 7. The number of nitrogens with zero attached hydrogens (tertiary/aromatic N) is 2. The van der Waals surface area contributed by atoms with Crippen LogP contribution in [-0.4, -0.2) is 31.3 Å². The SMILES string of the molecule is COc1cc(OC)c(OC)cc1CNc1cc(Cl)nc(N)n1. The van der Waals surface area contributed by atoms with Crippen molar-refractivity contribution in [3.05, 3.63) is 28.9 Å². The number of ether oxygens (including phenoxy) is 3. The minimum Gasteiger partial charge on any atom is -0.496 e. The summed E-state index contributed by atoms with van der Waals surface area (Å²) in [4.78, 5) is 7.86. The maximum Gasteiger partial charge on any atom is 0.223 e. The zero-order valence-electron chi connectivity index (χ0n) is 12.5. The fraction of sp³-hybridized carbons (Fsp3) is 0.286. The first-order valence-corrected chi connectivity index (χ1v) is 6.78. The second kappa shape index (κ2) is 7.04. The molecule has 8 heteroatoms. The Morgan fingerprint density at radius 3 is 2.23 bits per heavy atom. The van der Waals surface area contributed by atoms with Gasteiger partial charge in [-0.25, -0.2) is 4.98 Å². The molecule has 3 N–H and O–H groups in total. The standard InChI is InChI=1S/C14H17ClN4O3/c1-20-9-5-11(22-3)10(21-2)4-8(9)7-17-13-6-12(15)18-14(16)19-13/h4-6H,7H2,1-3H3,(H3,16,17,18,19). The smallest absolute Gasteiger partial charge is 0.223 e. The molecule has 0 atom stereocenters. The number of hydrogen-bond donors (Lipinski definition) is 2. The van der Waals surface area contributed by atoms with Crippen LogP contribution in [0.2, 0.25) is 5.15 Å². The Balaban J connectivity index is 2.24. The van der Waals surface area contributed by atoms with Gasteiger partial charge in [0, 0.05) is 24.2 Å². The lowest BCUT2D eigenvalue weighted by Gasteiger charge is -2.15. The van der Waals surface area contributed by atoms with Gasteiger partial charge in [-0.2, -0.15) is 4.98 Å². The molecule has 22 heavy (non-hydrogen) atoms. The van der Waals surface area contributed by atoms with Crippen molar-refractivity contribution in [3.8, 4) is 17.2 Å². The minimum absolute atomic E-state index is 0.106. The van der Waals surface area contributed by atoms with Crippen LogP contribution in [0.3, 0.4) is 0 Å². The van der Waals surface area contributed by atoms with E-state index in [0.29, 0.717) is 29.6 Å². The normalized spacial score (nSPS) is 10.2. The van der Waals surface area contributed by atoms with Gasteiger partial charge in [0.25, 0.3) is 0 Å². The second-order valence-corrected chi connectivity index (χ2v) is 4.69. The molecule has 0 saturated carbocycles. The highest BCUT2D eigenvalue weighted by molar-refractivity contribution is 6.29. The fourth-order valence-corrected chi connectivity index (χ4v) is 2.13. The predicted octanol–water partition coefficient (Wildman–Crippen LogP) is 2.35. The van der Waals surface area contributed by atoms with E-state index in [1.807, 2.05) is 6.07 Å². The molecule has 0 saturated heterocycles. The molecular weight excluding hydrogens is 308 g/mol. The van der Waals surface area contributed by atoms with Crippen molar-refractivity contribution < 1.29 is 14.2 Å². The monoisotopic (exact) mass is 324 g/mol. The van der Waals surface area contributed by atoms with Crippen molar-refractivity contribution in [2.24, 2.45) is 0 Å². The Hall–Kier alpha value is -2.41. The van der Waals surface area contributed by atoms with E-state index in [2.05, 4.69) is 15.3 Å². The molecule has 2 aromatic rings. The summed E-state index contributed by atoms with van der Waals surface area (Å²) in [5.74, 6) is 2.50. The van der Waals surface area contributed by atoms with Gasteiger partial charge < -0.3 is 25.3 Å². The quantitative estimate of drug-likeness (QED) is 0.788. The first-order chi connectivity index (χ1) is 10.6. The van der Waals surface area contributed by atoms with Gasteiger partial charge in [0.1, 0.15) is 16.7 Å². The number of nitrogens with two attached hydrogens (primary N) is 1. The van der Waals surface area contributed by atoms with E-state index in [1.54, 1.807) is 33.5 Å². The third-order valence-corrected chi connectivity index (χ3v) is 3.15. The molecule has 0 fully saturated rings. The van der Waals surface area contributed by atoms with Crippen molar-refractivity contribution in [2.45, 2.75) is 6.54 Å². The highest BCUT2D eigenvalue weighted by atomic mass is 35.5. The molecule has 1 heterocycles. The number of rotatable bonds is 6. The van der Waals surface area contributed by atoms with E-state index in [1.165, 1.54) is 0 Å². The van der Waals surface area contributed by atoms with Gasteiger partial charge in [0.2, 0.25) is 5.95 Å². The summed E-state index contributed by atoms with van der Waals surface area (Å²) >= 11 is 5.85. The molecule has 0 radical (unpaired) electrons. The second-order valence-electron chi connectivity index (χ2n) is 4.31. The predicted molar refractivity (Wildman–Crippen MR) is 84.9 cm³/mol.